The van der Waals surface area contributed by atoms with Gasteiger partial charge < -0.3 is 4.74 Å². The topological polar surface area (TPSA) is 9.23 Å². The van der Waals surface area contributed by atoms with Crippen molar-refractivity contribution in [1.29, 1.82) is 0 Å². The van der Waals surface area contributed by atoms with Crippen LogP contribution in [0.4, 0.5) is 0 Å². The molecule has 2 saturated carbocycles. The summed E-state index contributed by atoms with van der Waals surface area (Å²) in [6, 6.07) is 9.14. The zero-order chi connectivity index (χ0) is 17.5. The van der Waals surface area contributed by atoms with Gasteiger partial charge in [-0.2, -0.15) is 0 Å². The van der Waals surface area contributed by atoms with Crippen LogP contribution in [0.1, 0.15) is 81.3 Å². The lowest BCUT2D eigenvalue weighted by Crippen LogP contribution is -2.17. The first-order valence-electron chi connectivity index (χ1n) is 10.5. The maximum absolute atomic E-state index is 5.21. The summed E-state index contributed by atoms with van der Waals surface area (Å²) in [5.41, 5.74) is 2.83. The molecule has 0 unspecified atom stereocenters. The second-order valence-corrected chi connectivity index (χ2v) is 8.49. The van der Waals surface area contributed by atoms with Gasteiger partial charge in [-0.3, -0.25) is 0 Å². The molecule has 0 bridgehead atoms. The van der Waals surface area contributed by atoms with Gasteiger partial charge in [-0.1, -0.05) is 43.2 Å². The van der Waals surface area contributed by atoms with Crippen molar-refractivity contribution in [3.8, 4) is 0 Å². The van der Waals surface area contributed by atoms with E-state index in [0.29, 0.717) is 0 Å². The summed E-state index contributed by atoms with van der Waals surface area (Å²) in [6.45, 7) is 4.69. The molecule has 25 heavy (non-hydrogen) atoms. The number of rotatable bonds is 7. The normalized spacial score (nSPS) is 30.1. The molecule has 0 aliphatic heterocycles. The first kappa shape index (κ1) is 18.7. The Morgan fingerprint density at radius 1 is 0.880 bits per heavy atom. The van der Waals surface area contributed by atoms with Gasteiger partial charge in [0.25, 0.3) is 0 Å². The van der Waals surface area contributed by atoms with Crippen molar-refractivity contribution >= 4 is 0 Å². The highest BCUT2D eigenvalue weighted by atomic mass is 16.5. The van der Waals surface area contributed by atoms with Crippen LogP contribution in [0.15, 0.2) is 36.9 Å². The van der Waals surface area contributed by atoms with E-state index in [1.54, 1.807) is 12.7 Å². The first-order valence-corrected chi connectivity index (χ1v) is 10.5. The second-order valence-electron chi connectivity index (χ2n) is 8.49. The molecule has 138 valence electrons. The van der Waals surface area contributed by atoms with Crippen molar-refractivity contribution in [3.63, 3.8) is 0 Å². The summed E-state index contributed by atoms with van der Waals surface area (Å²) in [7, 11) is 1.76. The summed E-state index contributed by atoms with van der Waals surface area (Å²) in [4.78, 5) is 0. The Labute approximate surface area is 154 Å². The van der Waals surface area contributed by atoms with Crippen LogP contribution in [-0.4, -0.2) is 7.11 Å². The molecule has 0 amide bonds. The summed E-state index contributed by atoms with van der Waals surface area (Å²) < 4.78 is 5.21. The molecule has 1 aromatic rings. The van der Waals surface area contributed by atoms with Crippen LogP contribution in [0.3, 0.4) is 0 Å². The van der Waals surface area contributed by atoms with Gasteiger partial charge in [0.15, 0.2) is 0 Å². The minimum atomic E-state index is 0.724. The predicted octanol–water partition coefficient (Wildman–Crippen LogP) is 6.88. The average molecular weight is 341 g/mol. The molecule has 1 heteroatoms. The first-order chi connectivity index (χ1) is 12.3. The van der Waals surface area contributed by atoms with Crippen molar-refractivity contribution < 1.29 is 4.74 Å². The van der Waals surface area contributed by atoms with Crippen LogP contribution in [0.2, 0.25) is 0 Å². The lowest BCUT2D eigenvalue weighted by Gasteiger charge is -2.31. The minimum absolute atomic E-state index is 0.724. The van der Waals surface area contributed by atoms with Gasteiger partial charge in [-0.05, 0) is 86.2 Å². The average Bonchev–Trinajstić information content (AvgIpc) is 2.68. The number of hydrogen-bond donors (Lipinski definition) is 0. The Bertz CT molecular complexity index is 501. The lowest BCUT2D eigenvalue weighted by molar-refractivity contribution is 0.185. The van der Waals surface area contributed by atoms with Crippen LogP contribution in [0.5, 0.6) is 0 Å². The predicted molar refractivity (Wildman–Crippen MR) is 107 cm³/mol. The van der Waals surface area contributed by atoms with Crippen LogP contribution in [0, 0.1) is 17.8 Å². The molecule has 2 aliphatic carbocycles. The van der Waals surface area contributed by atoms with Gasteiger partial charge >= 0.3 is 0 Å². The molecule has 2 fully saturated rings. The maximum atomic E-state index is 5.21. The minimum Gasteiger partial charge on any atom is -0.380 e. The van der Waals surface area contributed by atoms with E-state index in [0.717, 1.165) is 30.3 Å². The maximum Gasteiger partial charge on any atom is 0.0713 e. The molecule has 3 rings (SSSR count). The fourth-order valence-electron chi connectivity index (χ4n) is 5.02. The van der Waals surface area contributed by atoms with Crippen molar-refractivity contribution in [2.24, 2.45) is 17.8 Å². The van der Waals surface area contributed by atoms with Crippen LogP contribution in [-0.2, 0) is 11.3 Å². The molecule has 1 nitrogen and oxygen atoms in total. The van der Waals surface area contributed by atoms with Gasteiger partial charge in [0, 0.05) is 7.11 Å². The molecule has 0 saturated heterocycles. The molecule has 0 radical (unpaired) electrons. The van der Waals surface area contributed by atoms with Crippen LogP contribution >= 0.6 is 0 Å². The standard InChI is InChI=1S/C24H36O/c1-3-19-4-6-20(7-5-19)8-9-21-10-14-23(15-11-21)24-16-12-22(13-17-24)18-25-2/h3,12-13,16-17,19-21,23H,1,4-11,14-15,18H2,2H3. The highest BCUT2D eigenvalue weighted by Crippen LogP contribution is 2.39. The zero-order valence-electron chi connectivity index (χ0n) is 16.1. The Balaban J connectivity index is 1.38. The highest BCUT2D eigenvalue weighted by Gasteiger charge is 2.24. The molecular weight excluding hydrogens is 304 g/mol. The highest BCUT2D eigenvalue weighted by molar-refractivity contribution is 5.25. The van der Waals surface area contributed by atoms with Gasteiger partial charge in [-0.15, -0.1) is 6.58 Å². The van der Waals surface area contributed by atoms with Gasteiger partial charge in [-0.25, -0.2) is 0 Å². The smallest absolute Gasteiger partial charge is 0.0713 e. The Morgan fingerprint density at radius 3 is 1.96 bits per heavy atom. The molecule has 2 aliphatic rings. The number of hydrogen-bond acceptors (Lipinski definition) is 1. The van der Waals surface area contributed by atoms with E-state index in [1.807, 2.05) is 0 Å². The van der Waals surface area contributed by atoms with Crippen LogP contribution < -0.4 is 0 Å². The number of methoxy groups -OCH3 is 1. The molecule has 1 aromatic carbocycles. The van der Waals surface area contributed by atoms with E-state index in [4.69, 9.17) is 4.74 Å². The molecule has 0 atom stereocenters. The van der Waals surface area contributed by atoms with E-state index < -0.39 is 0 Å². The van der Waals surface area contributed by atoms with Crippen molar-refractivity contribution in [1.82, 2.24) is 0 Å². The number of allylic oxidation sites excluding steroid dienone is 1. The van der Waals surface area contributed by atoms with E-state index >= 15 is 0 Å². The van der Waals surface area contributed by atoms with E-state index in [1.165, 1.54) is 69.8 Å². The van der Waals surface area contributed by atoms with Crippen molar-refractivity contribution in [2.75, 3.05) is 7.11 Å². The monoisotopic (exact) mass is 340 g/mol. The van der Waals surface area contributed by atoms with Gasteiger partial charge in [0.1, 0.15) is 0 Å². The van der Waals surface area contributed by atoms with Crippen molar-refractivity contribution in [2.45, 2.75) is 76.7 Å². The quantitative estimate of drug-likeness (QED) is 0.492. The third-order valence-electron chi connectivity index (χ3n) is 6.82. The Morgan fingerprint density at radius 2 is 1.44 bits per heavy atom. The summed E-state index contributed by atoms with van der Waals surface area (Å²) in [5, 5.41) is 0. The molecule has 0 spiro atoms. The fraction of sp³-hybridized carbons (Fsp3) is 0.667. The third kappa shape index (κ3) is 5.45. The second kappa shape index (κ2) is 9.57. The summed E-state index contributed by atoms with van der Waals surface area (Å²) in [5.74, 6) is 3.58. The SMILES string of the molecule is C=CC1CCC(CCC2CCC(c3ccc(COC)cc3)CC2)CC1. The number of ether oxygens (including phenoxy) is 1. The van der Waals surface area contributed by atoms with Crippen molar-refractivity contribution in [3.05, 3.63) is 48.0 Å². The zero-order valence-corrected chi connectivity index (χ0v) is 16.1. The summed E-state index contributed by atoms with van der Waals surface area (Å²) >= 11 is 0. The molecule has 0 N–H and O–H groups in total. The largest absolute Gasteiger partial charge is 0.380 e. The van der Waals surface area contributed by atoms with Gasteiger partial charge in [0.05, 0.1) is 6.61 Å². The molecule has 0 aromatic heterocycles. The number of benzene rings is 1. The third-order valence-corrected chi connectivity index (χ3v) is 6.82. The molecular formula is C24H36O. The summed E-state index contributed by atoms with van der Waals surface area (Å²) in [6.07, 6.45) is 16.4. The molecule has 0 heterocycles. The Hall–Kier alpha value is -1.08. The Kier molecular flexibility index (Phi) is 7.16. The lowest BCUT2D eigenvalue weighted by atomic mass is 9.74. The van der Waals surface area contributed by atoms with E-state index in [9.17, 15) is 0 Å². The van der Waals surface area contributed by atoms with E-state index in [2.05, 4.69) is 36.9 Å². The van der Waals surface area contributed by atoms with Crippen LogP contribution in [0.25, 0.3) is 0 Å². The fourth-order valence-corrected chi connectivity index (χ4v) is 5.02. The van der Waals surface area contributed by atoms with E-state index in [-0.39, 0.29) is 0 Å². The van der Waals surface area contributed by atoms with Gasteiger partial charge in [0.2, 0.25) is 0 Å².